The van der Waals surface area contributed by atoms with E-state index in [0.717, 1.165) is 31.7 Å². The first-order chi connectivity index (χ1) is 8.15. The van der Waals surface area contributed by atoms with Crippen LogP contribution in [0.5, 0.6) is 0 Å². The summed E-state index contributed by atoms with van der Waals surface area (Å²) in [6.07, 6.45) is 1.96. The van der Waals surface area contributed by atoms with E-state index in [9.17, 15) is 10.1 Å². The van der Waals surface area contributed by atoms with Gasteiger partial charge in [-0.3, -0.25) is 10.1 Å². The van der Waals surface area contributed by atoms with Crippen molar-refractivity contribution in [1.82, 2.24) is 0 Å². The van der Waals surface area contributed by atoms with Gasteiger partial charge in [-0.1, -0.05) is 0 Å². The minimum Gasteiger partial charge on any atom is -0.393 e. The Kier molecular flexibility index (Phi) is 5.22. The molecular formula is C11H17N3O3. The van der Waals surface area contributed by atoms with E-state index >= 15 is 0 Å². The maximum absolute atomic E-state index is 10.6. The van der Waals surface area contributed by atoms with Crippen LogP contribution in [0, 0.1) is 10.1 Å². The van der Waals surface area contributed by atoms with Crippen LogP contribution in [0.15, 0.2) is 18.2 Å². The lowest BCUT2D eigenvalue weighted by Gasteiger charge is -2.07. The number of nitrogens with one attached hydrogen (secondary N) is 1. The summed E-state index contributed by atoms with van der Waals surface area (Å²) in [5.41, 5.74) is 6.49. The first-order valence-corrected chi connectivity index (χ1v) is 5.42. The Morgan fingerprint density at radius 3 is 2.82 bits per heavy atom. The van der Waals surface area contributed by atoms with Crippen LogP contribution in [0.4, 0.5) is 17.1 Å². The Morgan fingerprint density at radius 2 is 2.24 bits per heavy atom. The number of nitrogens with zero attached hydrogens (tertiary/aromatic N) is 1. The van der Waals surface area contributed by atoms with Crippen LogP contribution in [-0.4, -0.2) is 25.2 Å². The number of methoxy groups -OCH3 is 1. The summed E-state index contributed by atoms with van der Waals surface area (Å²) in [7, 11) is 1.67. The van der Waals surface area contributed by atoms with Gasteiger partial charge < -0.3 is 15.8 Å². The minimum absolute atomic E-state index is 0.0602. The van der Waals surface area contributed by atoms with Crippen LogP contribution in [-0.2, 0) is 4.74 Å². The Morgan fingerprint density at radius 1 is 1.47 bits per heavy atom. The second-order valence-corrected chi connectivity index (χ2v) is 3.66. The van der Waals surface area contributed by atoms with Crippen molar-refractivity contribution >= 4 is 17.1 Å². The molecule has 0 amide bonds. The molecule has 1 aromatic rings. The number of nitro benzene ring substituents is 1. The summed E-state index contributed by atoms with van der Waals surface area (Å²) in [6.45, 7) is 1.53. The molecule has 6 nitrogen and oxygen atoms in total. The highest BCUT2D eigenvalue weighted by atomic mass is 16.6. The Labute approximate surface area is 99.9 Å². The number of nitrogens with two attached hydrogens (primary N) is 1. The van der Waals surface area contributed by atoms with Gasteiger partial charge in [0.05, 0.1) is 4.92 Å². The van der Waals surface area contributed by atoms with Crippen molar-refractivity contribution < 1.29 is 9.66 Å². The average Bonchev–Trinajstić information content (AvgIpc) is 2.28. The standard InChI is InChI=1S/C11H17N3O3/c1-17-7-3-2-6-13-9-4-5-11(14(15)16)10(12)8-9/h4-5,8,13H,2-3,6-7,12H2,1H3. The molecule has 0 aromatic heterocycles. The van der Waals surface area contributed by atoms with E-state index in [-0.39, 0.29) is 11.4 Å². The van der Waals surface area contributed by atoms with Gasteiger partial charge in [-0.15, -0.1) is 0 Å². The quantitative estimate of drug-likeness (QED) is 0.329. The smallest absolute Gasteiger partial charge is 0.292 e. The van der Waals surface area contributed by atoms with Gasteiger partial charge in [-0.05, 0) is 25.0 Å². The zero-order chi connectivity index (χ0) is 12.7. The largest absolute Gasteiger partial charge is 0.393 e. The molecule has 0 radical (unpaired) electrons. The number of ether oxygens (including phenoxy) is 1. The van der Waals surface area contributed by atoms with E-state index in [4.69, 9.17) is 10.5 Å². The highest BCUT2D eigenvalue weighted by molar-refractivity contribution is 5.65. The molecule has 0 unspecified atom stereocenters. The SMILES string of the molecule is COCCCCNc1ccc([N+](=O)[O-])c(N)c1. The van der Waals surface area contributed by atoms with Crippen LogP contribution < -0.4 is 11.1 Å². The maximum atomic E-state index is 10.6. The van der Waals surface area contributed by atoms with E-state index in [1.54, 1.807) is 19.2 Å². The Bertz CT molecular complexity index is 382. The van der Waals surface area contributed by atoms with Gasteiger partial charge in [0.25, 0.3) is 5.69 Å². The molecule has 0 heterocycles. The Balaban J connectivity index is 2.45. The molecule has 0 atom stereocenters. The Hall–Kier alpha value is -1.82. The molecule has 17 heavy (non-hydrogen) atoms. The fourth-order valence-corrected chi connectivity index (χ4v) is 1.43. The van der Waals surface area contributed by atoms with Crippen LogP contribution in [0.3, 0.4) is 0 Å². The molecule has 3 N–H and O–H groups in total. The van der Waals surface area contributed by atoms with Crippen LogP contribution in [0.2, 0.25) is 0 Å². The number of hydrogen-bond acceptors (Lipinski definition) is 5. The monoisotopic (exact) mass is 239 g/mol. The highest BCUT2D eigenvalue weighted by Gasteiger charge is 2.10. The molecule has 0 aliphatic rings. The third-order valence-corrected chi connectivity index (χ3v) is 2.33. The van der Waals surface area contributed by atoms with E-state index in [1.165, 1.54) is 6.07 Å². The third kappa shape index (κ3) is 4.28. The third-order valence-electron chi connectivity index (χ3n) is 2.33. The van der Waals surface area contributed by atoms with Gasteiger partial charge in [-0.2, -0.15) is 0 Å². The molecule has 0 saturated carbocycles. The number of nitro groups is 1. The van der Waals surface area contributed by atoms with Crippen molar-refractivity contribution in [3.8, 4) is 0 Å². The highest BCUT2D eigenvalue weighted by Crippen LogP contribution is 2.24. The van der Waals surface area contributed by atoms with Crippen molar-refractivity contribution in [3.05, 3.63) is 28.3 Å². The number of nitrogen functional groups attached to an aromatic ring is 1. The first-order valence-electron chi connectivity index (χ1n) is 5.42. The van der Waals surface area contributed by atoms with Crippen LogP contribution in [0.25, 0.3) is 0 Å². The zero-order valence-corrected chi connectivity index (χ0v) is 9.81. The lowest BCUT2D eigenvalue weighted by molar-refractivity contribution is -0.383. The number of hydrogen-bond donors (Lipinski definition) is 2. The molecular weight excluding hydrogens is 222 g/mol. The van der Waals surface area contributed by atoms with E-state index < -0.39 is 4.92 Å². The minimum atomic E-state index is -0.488. The molecule has 0 saturated heterocycles. The molecule has 1 aromatic carbocycles. The topological polar surface area (TPSA) is 90.4 Å². The summed E-state index contributed by atoms with van der Waals surface area (Å²) < 4.78 is 4.93. The normalized spacial score (nSPS) is 10.2. The predicted molar refractivity (Wildman–Crippen MR) is 67.1 cm³/mol. The van der Waals surface area contributed by atoms with Crippen molar-refractivity contribution in [1.29, 1.82) is 0 Å². The van der Waals surface area contributed by atoms with Gasteiger partial charge >= 0.3 is 0 Å². The summed E-state index contributed by atoms with van der Waals surface area (Å²) >= 11 is 0. The molecule has 0 fully saturated rings. The molecule has 0 spiro atoms. The van der Waals surface area contributed by atoms with Gasteiger partial charge in [0.1, 0.15) is 5.69 Å². The lowest BCUT2D eigenvalue weighted by atomic mass is 10.2. The second kappa shape index (κ2) is 6.70. The van der Waals surface area contributed by atoms with Gasteiger partial charge in [-0.25, -0.2) is 0 Å². The summed E-state index contributed by atoms with van der Waals surface area (Å²) in [6, 6.07) is 4.64. The van der Waals surface area contributed by atoms with E-state index in [1.807, 2.05) is 0 Å². The van der Waals surface area contributed by atoms with Gasteiger partial charge in [0.15, 0.2) is 0 Å². The zero-order valence-electron chi connectivity index (χ0n) is 9.81. The molecule has 0 aliphatic carbocycles. The number of unbranched alkanes of at least 4 members (excludes halogenated alkanes) is 1. The second-order valence-electron chi connectivity index (χ2n) is 3.66. The molecule has 94 valence electrons. The first kappa shape index (κ1) is 13.2. The van der Waals surface area contributed by atoms with Crippen molar-refractivity contribution in [2.24, 2.45) is 0 Å². The van der Waals surface area contributed by atoms with Gasteiger partial charge in [0.2, 0.25) is 0 Å². The van der Waals surface area contributed by atoms with E-state index in [2.05, 4.69) is 5.32 Å². The van der Waals surface area contributed by atoms with Crippen LogP contribution in [0.1, 0.15) is 12.8 Å². The molecule has 0 bridgehead atoms. The molecule has 1 rings (SSSR count). The van der Waals surface area contributed by atoms with Crippen molar-refractivity contribution in [2.75, 3.05) is 31.3 Å². The fraction of sp³-hybridized carbons (Fsp3) is 0.455. The summed E-state index contributed by atoms with van der Waals surface area (Å²) in [4.78, 5) is 10.1. The van der Waals surface area contributed by atoms with E-state index in [0.29, 0.717) is 0 Å². The van der Waals surface area contributed by atoms with Gasteiger partial charge in [0, 0.05) is 32.0 Å². The summed E-state index contributed by atoms with van der Waals surface area (Å²) in [5.74, 6) is 0. The molecule has 0 aliphatic heterocycles. The van der Waals surface area contributed by atoms with Crippen molar-refractivity contribution in [2.45, 2.75) is 12.8 Å². The van der Waals surface area contributed by atoms with Crippen molar-refractivity contribution in [3.63, 3.8) is 0 Å². The number of benzene rings is 1. The predicted octanol–water partition coefficient (Wildman–Crippen LogP) is 2.02. The average molecular weight is 239 g/mol. The maximum Gasteiger partial charge on any atom is 0.292 e. The van der Waals surface area contributed by atoms with Crippen LogP contribution >= 0.6 is 0 Å². The number of anilines is 2. The lowest BCUT2D eigenvalue weighted by Crippen LogP contribution is -2.04. The number of rotatable bonds is 7. The molecule has 6 heteroatoms. The fourth-order valence-electron chi connectivity index (χ4n) is 1.43. The summed E-state index contributed by atoms with van der Waals surface area (Å²) in [5, 5.41) is 13.7.